The van der Waals surface area contributed by atoms with Gasteiger partial charge in [-0.3, -0.25) is 9.36 Å². The molecule has 3 rings (SSSR count). The van der Waals surface area contributed by atoms with E-state index in [2.05, 4.69) is 22.1 Å². The highest BCUT2D eigenvalue weighted by atomic mass is 35.5. The van der Waals surface area contributed by atoms with Gasteiger partial charge in [0.1, 0.15) is 5.75 Å². The molecule has 1 amide bonds. The van der Waals surface area contributed by atoms with Crippen LogP contribution in [0.15, 0.2) is 66.3 Å². The second kappa shape index (κ2) is 9.43. The smallest absolute Gasteiger partial charge is 0.230 e. The van der Waals surface area contributed by atoms with Gasteiger partial charge in [0, 0.05) is 17.8 Å². The van der Waals surface area contributed by atoms with Gasteiger partial charge in [-0.15, -0.1) is 16.8 Å². The van der Waals surface area contributed by atoms with E-state index in [1.807, 2.05) is 47.0 Å². The molecule has 3 aromatic rings. The number of carbonyl (C=O) groups excluding carboxylic acids is 1. The Hall–Kier alpha value is -2.77. The van der Waals surface area contributed by atoms with Crippen LogP contribution in [0.1, 0.15) is 0 Å². The molecule has 1 N–H and O–H groups in total. The van der Waals surface area contributed by atoms with E-state index in [0.717, 1.165) is 17.0 Å². The van der Waals surface area contributed by atoms with Crippen LogP contribution in [0.25, 0.3) is 17.1 Å². The fourth-order valence-electron chi connectivity index (χ4n) is 2.51. The molecule has 0 aliphatic rings. The molecule has 0 aliphatic heterocycles. The molecular weight excluding hydrogens is 396 g/mol. The van der Waals surface area contributed by atoms with Gasteiger partial charge in [-0.1, -0.05) is 41.6 Å². The number of nitrogens with zero attached hydrogens (tertiary/aromatic N) is 3. The van der Waals surface area contributed by atoms with E-state index in [1.165, 1.54) is 11.8 Å². The highest BCUT2D eigenvalue weighted by Gasteiger charge is 2.19. The summed E-state index contributed by atoms with van der Waals surface area (Å²) in [5.41, 5.74) is 1.60. The first-order valence-corrected chi connectivity index (χ1v) is 9.85. The largest absolute Gasteiger partial charge is 0.497 e. The van der Waals surface area contributed by atoms with E-state index in [9.17, 15) is 4.79 Å². The van der Waals surface area contributed by atoms with Crippen LogP contribution < -0.4 is 10.1 Å². The van der Waals surface area contributed by atoms with Crippen LogP contribution in [0.5, 0.6) is 5.75 Å². The van der Waals surface area contributed by atoms with E-state index in [4.69, 9.17) is 16.3 Å². The van der Waals surface area contributed by atoms with Gasteiger partial charge in [-0.05, 0) is 36.4 Å². The number of nitrogens with one attached hydrogen (secondary N) is 1. The average Bonchev–Trinajstić information content (AvgIpc) is 3.14. The lowest BCUT2D eigenvalue weighted by Gasteiger charge is -2.12. The maximum Gasteiger partial charge on any atom is 0.230 e. The first-order valence-electron chi connectivity index (χ1n) is 8.49. The molecule has 0 saturated heterocycles. The number of ether oxygens (including phenoxy) is 1. The predicted octanol–water partition coefficient (Wildman–Crippen LogP) is 3.99. The van der Waals surface area contributed by atoms with Gasteiger partial charge in [0.05, 0.1) is 17.9 Å². The Balaban J connectivity index is 1.99. The molecule has 0 aliphatic carbocycles. The van der Waals surface area contributed by atoms with Crippen LogP contribution in [-0.4, -0.2) is 40.1 Å². The van der Waals surface area contributed by atoms with Crippen molar-refractivity contribution in [3.05, 3.63) is 66.2 Å². The summed E-state index contributed by atoms with van der Waals surface area (Å²) in [5.74, 6) is 1.46. The van der Waals surface area contributed by atoms with Gasteiger partial charge >= 0.3 is 0 Å². The standard InChI is InChI=1S/C20H19ClN4O2S/c1-3-12-22-18(26)13-28-20-24-23-19(16-6-4-5-7-17(16)21)25(20)14-8-10-15(27-2)11-9-14/h3-11H,1,12-13H2,2H3,(H,22,26). The fourth-order valence-corrected chi connectivity index (χ4v) is 3.51. The van der Waals surface area contributed by atoms with Gasteiger partial charge in [0.2, 0.25) is 5.91 Å². The molecule has 144 valence electrons. The Morgan fingerprint density at radius 2 is 2.00 bits per heavy atom. The first kappa shape index (κ1) is 20.0. The summed E-state index contributed by atoms with van der Waals surface area (Å²) in [6.07, 6.45) is 1.64. The third-order valence-corrected chi connectivity index (χ3v) is 5.11. The number of benzene rings is 2. The Morgan fingerprint density at radius 3 is 2.68 bits per heavy atom. The molecule has 28 heavy (non-hydrogen) atoms. The molecule has 8 heteroatoms. The van der Waals surface area contributed by atoms with E-state index in [1.54, 1.807) is 19.3 Å². The molecule has 0 unspecified atom stereocenters. The Labute approximate surface area is 172 Å². The summed E-state index contributed by atoms with van der Waals surface area (Å²) in [6, 6.07) is 15.0. The SMILES string of the molecule is C=CCNC(=O)CSc1nnc(-c2ccccc2Cl)n1-c1ccc(OC)cc1. The van der Waals surface area contributed by atoms with E-state index in [0.29, 0.717) is 22.5 Å². The van der Waals surface area contributed by atoms with Crippen molar-refractivity contribution in [1.82, 2.24) is 20.1 Å². The summed E-state index contributed by atoms with van der Waals surface area (Å²) in [7, 11) is 1.62. The number of halogens is 1. The summed E-state index contributed by atoms with van der Waals surface area (Å²) < 4.78 is 7.12. The Kier molecular flexibility index (Phi) is 6.73. The topological polar surface area (TPSA) is 69.0 Å². The van der Waals surface area contributed by atoms with Crippen molar-refractivity contribution in [2.45, 2.75) is 5.16 Å². The minimum absolute atomic E-state index is 0.103. The van der Waals surface area contributed by atoms with E-state index in [-0.39, 0.29) is 11.7 Å². The molecule has 0 radical (unpaired) electrons. The van der Waals surface area contributed by atoms with Gasteiger partial charge in [0.25, 0.3) is 0 Å². The number of amides is 1. The van der Waals surface area contributed by atoms with E-state index >= 15 is 0 Å². The zero-order valence-electron chi connectivity index (χ0n) is 15.3. The lowest BCUT2D eigenvalue weighted by molar-refractivity contribution is -0.118. The van der Waals surface area contributed by atoms with Crippen molar-refractivity contribution in [3.8, 4) is 22.8 Å². The fraction of sp³-hybridized carbons (Fsp3) is 0.150. The van der Waals surface area contributed by atoms with Crippen molar-refractivity contribution in [3.63, 3.8) is 0 Å². The second-order valence-electron chi connectivity index (χ2n) is 5.70. The maximum absolute atomic E-state index is 12.0. The molecule has 0 saturated carbocycles. The van der Waals surface area contributed by atoms with E-state index < -0.39 is 0 Å². The molecule has 6 nitrogen and oxygen atoms in total. The molecule has 2 aromatic carbocycles. The summed E-state index contributed by atoms with van der Waals surface area (Å²) in [4.78, 5) is 12.0. The molecule has 1 aromatic heterocycles. The Bertz CT molecular complexity index is 973. The van der Waals surface area contributed by atoms with Gasteiger partial charge in [-0.2, -0.15) is 0 Å². The minimum atomic E-state index is -0.103. The number of hydrogen-bond donors (Lipinski definition) is 1. The zero-order chi connectivity index (χ0) is 19.9. The van der Waals surface area contributed by atoms with Crippen molar-refractivity contribution < 1.29 is 9.53 Å². The van der Waals surface area contributed by atoms with Crippen LogP contribution in [-0.2, 0) is 4.79 Å². The van der Waals surface area contributed by atoms with Crippen LogP contribution in [0.2, 0.25) is 5.02 Å². The Morgan fingerprint density at radius 1 is 1.25 bits per heavy atom. The lowest BCUT2D eigenvalue weighted by atomic mass is 10.2. The number of hydrogen-bond acceptors (Lipinski definition) is 5. The average molecular weight is 415 g/mol. The van der Waals surface area contributed by atoms with Gasteiger partial charge in [-0.25, -0.2) is 0 Å². The third kappa shape index (κ3) is 4.55. The van der Waals surface area contributed by atoms with Crippen molar-refractivity contribution >= 4 is 29.3 Å². The zero-order valence-corrected chi connectivity index (χ0v) is 16.8. The van der Waals surface area contributed by atoms with Crippen LogP contribution >= 0.6 is 23.4 Å². The molecule has 0 fully saturated rings. The summed E-state index contributed by atoms with van der Waals surface area (Å²) in [6.45, 7) is 4.02. The number of thioether (sulfide) groups is 1. The van der Waals surface area contributed by atoms with Crippen molar-refractivity contribution in [2.75, 3.05) is 19.4 Å². The predicted molar refractivity (Wildman–Crippen MR) is 112 cm³/mol. The third-order valence-electron chi connectivity index (χ3n) is 3.85. The molecular formula is C20H19ClN4O2S. The highest BCUT2D eigenvalue weighted by molar-refractivity contribution is 7.99. The summed E-state index contributed by atoms with van der Waals surface area (Å²) >= 11 is 7.68. The molecule has 0 spiro atoms. The lowest BCUT2D eigenvalue weighted by Crippen LogP contribution is -2.25. The van der Waals surface area contributed by atoms with Crippen LogP contribution in [0.3, 0.4) is 0 Å². The van der Waals surface area contributed by atoms with Crippen LogP contribution in [0, 0.1) is 0 Å². The molecule has 0 bridgehead atoms. The van der Waals surface area contributed by atoms with Crippen molar-refractivity contribution in [1.29, 1.82) is 0 Å². The quantitative estimate of drug-likeness (QED) is 0.446. The monoisotopic (exact) mass is 414 g/mol. The first-order chi connectivity index (χ1) is 13.6. The number of carbonyl (C=O) groups is 1. The maximum atomic E-state index is 12.0. The minimum Gasteiger partial charge on any atom is -0.497 e. The molecule has 1 heterocycles. The van der Waals surface area contributed by atoms with Crippen LogP contribution in [0.4, 0.5) is 0 Å². The highest BCUT2D eigenvalue weighted by Crippen LogP contribution is 2.32. The van der Waals surface area contributed by atoms with Gasteiger partial charge < -0.3 is 10.1 Å². The second-order valence-corrected chi connectivity index (χ2v) is 7.05. The van der Waals surface area contributed by atoms with Gasteiger partial charge in [0.15, 0.2) is 11.0 Å². The molecule has 0 atom stereocenters. The normalized spacial score (nSPS) is 10.5. The number of rotatable bonds is 8. The van der Waals surface area contributed by atoms with Crippen molar-refractivity contribution in [2.24, 2.45) is 0 Å². The number of aromatic nitrogens is 3. The summed E-state index contributed by atoms with van der Waals surface area (Å²) in [5, 5.41) is 12.5. The number of methoxy groups -OCH3 is 1.